The van der Waals surface area contributed by atoms with Crippen molar-refractivity contribution in [2.75, 3.05) is 33.2 Å². The smallest absolute Gasteiger partial charge is 0.273 e. The number of fused-ring (bicyclic) bond motifs is 1. The van der Waals surface area contributed by atoms with Crippen molar-refractivity contribution in [3.05, 3.63) is 36.3 Å². The number of likely N-dealkylation sites (N-methyl/N-ethyl adjacent to an activating group) is 1. The van der Waals surface area contributed by atoms with Crippen molar-refractivity contribution in [1.82, 2.24) is 19.8 Å². The molecule has 0 radical (unpaired) electrons. The number of rotatable bonds is 1. The van der Waals surface area contributed by atoms with Crippen LogP contribution in [0, 0.1) is 0 Å². The fourth-order valence-corrected chi connectivity index (χ4v) is 2.33. The number of aromatic nitrogens is 2. The molecule has 0 spiro atoms. The van der Waals surface area contributed by atoms with Crippen molar-refractivity contribution >= 4 is 16.8 Å². The minimum Gasteiger partial charge on any atom is -0.335 e. The maximum Gasteiger partial charge on any atom is 0.273 e. The van der Waals surface area contributed by atoms with Gasteiger partial charge in [-0.15, -0.1) is 0 Å². The number of hydrogen-bond donors (Lipinski definition) is 0. The van der Waals surface area contributed by atoms with E-state index in [1.807, 2.05) is 29.2 Å². The van der Waals surface area contributed by atoms with Crippen molar-refractivity contribution in [3.63, 3.8) is 0 Å². The van der Waals surface area contributed by atoms with Gasteiger partial charge in [-0.1, -0.05) is 18.2 Å². The van der Waals surface area contributed by atoms with Crippen molar-refractivity contribution in [1.29, 1.82) is 0 Å². The van der Waals surface area contributed by atoms with E-state index in [-0.39, 0.29) is 5.91 Å². The summed E-state index contributed by atoms with van der Waals surface area (Å²) < 4.78 is 0. The molecule has 0 saturated carbocycles. The summed E-state index contributed by atoms with van der Waals surface area (Å²) in [5.74, 6) is 0.00620. The molecule has 1 amide bonds. The highest BCUT2D eigenvalue weighted by molar-refractivity contribution is 6.04. The molecule has 3 rings (SSSR count). The van der Waals surface area contributed by atoms with Crippen LogP contribution in [0.5, 0.6) is 0 Å². The predicted octanol–water partition coefficient (Wildman–Crippen LogP) is 1.02. The lowest BCUT2D eigenvalue weighted by Gasteiger charge is -2.32. The molecule has 5 nitrogen and oxygen atoms in total. The van der Waals surface area contributed by atoms with Crippen LogP contribution in [0.4, 0.5) is 0 Å². The average Bonchev–Trinajstić information content (AvgIpc) is 2.47. The summed E-state index contributed by atoms with van der Waals surface area (Å²) in [5, 5.41) is 0.828. The molecule has 1 aliphatic heterocycles. The second-order valence-electron chi connectivity index (χ2n) is 4.83. The molecule has 19 heavy (non-hydrogen) atoms. The van der Waals surface area contributed by atoms with Gasteiger partial charge in [0, 0.05) is 31.6 Å². The summed E-state index contributed by atoms with van der Waals surface area (Å²) in [6.07, 6.45) is 1.46. The van der Waals surface area contributed by atoms with Crippen molar-refractivity contribution < 1.29 is 4.79 Å². The molecule has 1 saturated heterocycles. The van der Waals surface area contributed by atoms with Crippen molar-refractivity contribution in [3.8, 4) is 0 Å². The van der Waals surface area contributed by atoms with E-state index in [0.717, 1.165) is 37.1 Å². The first kappa shape index (κ1) is 12.0. The largest absolute Gasteiger partial charge is 0.335 e. The highest BCUT2D eigenvalue weighted by Crippen LogP contribution is 2.16. The first-order valence-corrected chi connectivity index (χ1v) is 6.43. The van der Waals surface area contributed by atoms with Gasteiger partial charge in [-0.25, -0.2) is 9.97 Å². The van der Waals surface area contributed by atoms with Gasteiger partial charge in [0.1, 0.15) is 12.0 Å². The number of nitrogens with zero attached hydrogens (tertiary/aromatic N) is 4. The lowest BCUT2D eigenvalue weighted by Crippen LogP contribution is -2.47. The topological polar surface area (TPSA) is 49.3 Å². The third-order valence-corrected chi connectivity index (χ3v) is 3.54. The van der Waals surface area contributed by atoms with Crippen LogP contribution in [-0.2, 0) is 0 Å². The Morgan fingerprint density at radius 3 is 2.63 bits per heavy atom. The molecule has 98 valence electrons. The summed E-state index contributed by atoms with van der Waals surface area (Å²) in [4.78, 5) is 25.0. The molecule has 5 heteroatoms. The van der Waals surface area contributed by atoms with Crippen molar-refractivity contribution in [2.45, 2.75) is 0 Å². The molecule has 1 aliphatic rings. The number of hydrogen-bond acceptors (Lipinski definition) is 4. The second kappa shape index (κ2) is 4.93. The fraction of sp³-hybridized carbons (Fsp3) is 0.357. The first-order chi connectivity index (χ1) is 9.25. The molecule has 2 heterocycles. The molecule has 0 bridgehead atoms. The number of piperazine rings is 1. The van der Waals surface area contributed by atoms with Gasteiger partial charge in [0.15, 0.2) is 0 Å². The zero-order valence-corrected chi connectivity index (χ0v) is 10.9. The van der Waals surface area contributed by atoms with Crippen LogP contribution >= 0.6 is 0 Å². The molecule has 1 fully saturated rings. The normalized spacial score (nSPS) is 16.8. The number of carbonyl (C=O) groups excluding carboxylic acids is 1. The van der Waals surface area contributed by atoms with Crippen LogP contribution in [0.2, 0.25) is 0 Å². The number of amides is 1. The molecular formula is C14H16N4O. The van der Waals surface area contributed by atoms with E-state index in [1.54, 1.807) is 0 Å². The quantitative estimate of drug-likeness (QED) is 0.764. The summed E-state index contributed by atoms with van der Waals surface area (Å²) >= 11 is 0. The minimum absolute atomic E-state index is 0.00620. The zero-order valence-electron chi connectivity index (χ0n) is 10.9. The minimum atomic E-state index is 0.00620. The highest BCUT2D eigenvalue weighted by Gasteiger charge is 2.22. The Kier molecular flexibility index (Phi) is 3.13. The average molecular weight is 256 g/mol. The van der Waals surface area contributed by atoms with Crippen molar-refractivity contribution in [2.24, 2.45) is 0 Å². The van der Waals surface area contributed by atoms with E-state index >= 15 is 0 Å². The zero-order chi connectivity index (χ0) is 13.2. The van der Waals surface area contributed by atoms with Crippen LogP contribution in [0.25, 0.3) is 10.9 Å². The van der Waals surface area contributed by atoms with Crippen LogP contribution in [0.1, 0.15) is 10.5 Å². The SMILES string of the molecule is CN1CCN(C(=O)c2ncnc3ccccc23)CC1. The summed E-state index contributed by atoms with van der Waals surface area (Å²) in [5.41, 5.74) is 1.32. The van der Waals surface area contributed by atoms with Crippen LogP contribution in [-0.4, -0.2) is 58.9 Å². The monoisotopic (exact) mass is 256 g/mol. The van der Waals surface area contributed by atoms with Crippen LogP contribution in [0.3, 0.4) is 0 Å². The number of carbonyl (C=O) groups is 1. The maximum atomic E-state index is 12.5. The first-order valence-electron chi connectivity index (χ1n) is 6.43. The van der Waals surface area contributed by atoms with Crippen LogP contribution < -0.4 is 0 Å². The molecule has 1 aromatic carbocycles. The van der Waals surface area contributed by atoms with E-state index in [0.29, 0.717) is 5.69 Å². The third-order valence-electron chi connectivity index (χ3n) is 3.54. The van der Waals surface area contributed by atoms with E-state index in [1.165, 1.54) is 6.33 Å². The third kappa shape index (κ3) is 2.29. The van der Waals surface area contributed by atoms with Gasteiger partial charge >= 0.3 is 0 Å². The van der Waals surface area contributed by atoms with E-state index in [9.17, 15) is 4.79 Å². The Balaban J connectivity index is 1.93. The molecular weight excluding hydrogens is 240 g/mol. The fourth-order valence-electron chi connectivity index (χ4n) is 2.33. The Morgan fingerprint density at radius 2 is 1.84 bits per heavy atom. The van der Waals surface area contributed by atoms with Gasteiger partial charge in [0.25, 0.3) is 5.91 Å². The van der Waals surface area contributed by atoms with Gasteiger partial charge in [0.2, 0.25) is 0 Å². The Bertz CT molecular complexity index is 600. The van der Waals surface area contributed by atoms with Gasteiger partial charge in [-0.05, 0) is 13.1 Å². The molecule has 0 unspecified atom stereocenters. The Labute approximate surface area is 111 Å². The maximum absolute atomic E-state index is 12.5. The molecule has 0 atom stereocenters. The van der Waals surface area contributed by atoms with E-state index < -0.39 is 0 Å². The van der Waals surface area contributed by atoms with Gasteiger partial charge in [-0.3, -0.25) is 4.79 Å². The summed E-state index contributed by atoms with van der Waals surface area (Å²) in [7, 11) is 2.07. The van der Waals surface area contributed by atoms with Crippen LogP contribution in [0.15, 0.2) is 30.6 Å². The molecule has 1 aromatic heterocycles. The number of para-hydroxylation sites is 1. The second-order valence-corrected chi connectivity index (χ2v) is 4.83. The molecule has 0 N–H and O–H groups in total. The molecule has 0 aliphatic carbocycles. The standard InChI is InChI=1S/C14H16N4O/c1-17-6-8-18(9-7-17)14(19)13-11-4-2-3-5-12(11)15-10-16-13/h2-5,10H,6-9H2,1H3. The predicted molar refractivity (Wildman–Crippen MR) is 72.9 cm³/mol. The van der Waals surface area contributed by atoms with Gasteiger partial charge < -0.3 is 9.80 Å². The number of benzene rings is 1. The molecule has 2 aromatic rings. The van der Waals surface area contributed by atoms with E-state index in [2.05, 4.69) is 21.9 Å². The Hall–Kier alpha value is -2.01. The van der Waals surface area contributed by atoms with Gasteiger partial charge in [0.05, 0.1) is 5.52 Å². The Morgan fingerprint density at radius 1 is 1.11 bits per heavy atom. The van der Waals surface area contributed by atoms with E-state index in [4.69, 9.17) is 0 Å². The van der Waals surface area contributed by atoms with Gasteiger partial charge in [-0.2, -0.15) is 0 Å². The lowest BCUT2D eigenvalue weighted by atomic mass is 10.1. The highest BCUT2D eigenvalue weighted by atomic mass is 16.2. The summed E-state index contributed by atoms with van der Waals surface area (Å²) in [6, 6.07) is 7.63. The summed E-state index contributed by atoms with van der Waals surface area (Å²) in [6.45, 7) is 3.34. The lowest BCUT2D eigenvalue weighted by molar-refractivity contribution is 0.0660.